The van der Waals surface area contributed by atoms with Crippen LogP contribution in [0.1, 0.15) is 18.4 Å². The maximum atomic E-state index is 11.9. The van der Waals surface area contributed by atoms with E-state index in [-0.39, 0.29) is 18.5 Å². The second-order valence-corrected chi connectivity index (χ2v) is 5.00. The van der Waals surface area contributed by atoms with Gasteiger partial charge in [0.25, 0.3) is 0 Å². The Hall–Kier alpha value is -1.98. The Balaban J connectivity index is 1.86. The van der Waals surface area contributed by atoms with Crippen LogP contribution in [-0.2, 0) is 11.3 Å². The first-order valence-corrected chi connectivity index (χ1v) is 6.28. The number of nitrogens with one attached hydrogen (secondary N) is 1. The van der Waals surface area contributed by atoms with Gasteiger partial charge in [-0.25, -0.2) is 4.79 Å². The van der Waals surface area contributed by atoms with Crippen LogP contribution < -0.4 is 5.32 Å². The fraction of sp³-hybridized carbons (Fsp3) is 0.538. The SMILES string of the molecule is Cc1ccc(CNC(=O)N2CC(C)C(C(=O)O)C2)o1. The molecule has 2 unspecified atom stereocenters. The van der Waals surface area contributed by atoms with Gasteiger partial charge in [0.15, 0.2) is 0 Å². The third-order valence-electron chi connectivity index (χ3n) is 3.43. The first kappa shape index (κ1) is 13.5. The highest BCUT2D eigenvalue weighted by Gasteiger charge is 2.36. The molecule has 0 spiro atoms. The van der Waals surface area contributed by atoms with E-state index in [0.29, 0.717) is 18.8 Å². The molecule has 0 bridgehead atoms. The molecule has 1 saturated heterocycles. The van der Waals surface area contributed by atoms with Crippen LogP contribution >= 0.6 is 0 Å². The van der Waals surface area contributed by atoms with E-state index in [1.807, 2.05) is 26.0 Å². The van der Waals surface area contributed by atoms with Crippen molar-refractivity contribution < 1.29 is 19.1 Å². The van der Waals surface area contributed by atoms with Gasteiger partial charge in [-0.1, -0.05) is 6.92 Å². The van der Waals surface area contributed by atoms with Crippen LogP contribution in [-0.4, -0.2) is 35.1 Å². The maximum Gasteiger partial charge on any atom is 0.317 e. The van der Waals surface area contributed by atoms with E-state index in [9.17, 15) is 9.59 Å². The Morgan fingerprint density at radius 3 is 2.74 bits per heavy atom. The van der Waals surface area contributed by atoms with Crippen LogP contribution in [0, 0.1) is 18.8 Å². The number of hydrogen-bond donors (Lipinski definition) is 2. The third kappa shape index (κ3) is 3.07. The largest absolute Gasteiger partial charge is 0.481 e. The highest BCUT2D eigenvalue weighted by atomic mass is 16.4. The van der Waals surface area contributed by atoms with Gasteiger partial charge >= 0.3 is 12.0 Å². The zero-order valence-corrected chi connectivity index (χ0v) is 11.0. The molecule has 2 amide bonds. The molecule has 1 aromatic heterocycles. The minimum absolute atomic E-state index is 0.0193. The van der Waals surface area contributed by atoms with E-state index in [1.54, 1.807) is 4.90 Å². The number of furan rings is 1. The third-order valence-corrected chi connectivity index (χ3v) is 3.43. The highest BCUT2D eigenvalue weighted by molar-refractivity contribution is 5.77. The number of urea groups is 1. The molecule has 0 saturated carbocycles. The predicted molar refractivity (Wildman–Crippen MR) is 67.5 cm³/mol. The van der Waals surface area contributed by atoms with E-state index in [4.69, 9.17) is 9.52 Å². The Morgan fingerprint density at radius 1 is 1.47 bits per heavy atom. The van der Waals surface area contributed by atoms with Crippen LogP contribution in [0.4, 0.5) is 4.79 Å². The molecule has 2 rings (SSSR count). The van der Waals surface area contributed by atoms with Crippen LogP contribution in [0.2, 0.25) is 0 Å². The van der Waals surface area contributed by atoms with Crippen molar-refractivity contribution in [2.24, 2.45) is 11.8 Å². The van der Waals surface area contributed by atoms with E-state index >= 15 is 0 Å². The second kappa shape index (κ2) is 5.34. The molecular weight excluding hydrogens is 248 g/mol. The van der Waals surface area contributed by atoms with Crippen molar-refractivity contribution in [3.05, 3.63) is 23.7 Å². The number of carbonyl (C=O) groups is 2. The molecule has 1 aromatic rings. The lowest BCUT2D eigenvalue weighted by atomic mass is 9.99. The molecule has 6 heteroatoms. The topological polar surface area (TPSA) is 82.8 Å². The zero-order chi connectivity index (χ0) is 14.0. The highest BCUT2D eigenvalue weighted by Crippen LogP contribution is 2.23. The minimum atomic E-state index is -0.843. The first-order chi connectivity index (χ1) is 8.97. The second-order valence-electron chi connectivity index (χ2n) is 5.00. The van der Waals surface area contributed by atoms with E-state index in [0.717, 1.165) is 5.76 Å². The maximum absolute atomic E-state index is 11.9. The summed E-state index contributed by atoms with van der Waals surface area (Å²) in [4.78, 5) is 24.4. The van der Waals surface area contributed by atoms with E-state index < -0.39 is 11.9 Å². The van der Waals surface area contributed by atoms with Gasteiger partial charge in [0.1, 0.15) is 11.5 Å². The Morgan fingerprint density at radius 2 is 2.21 bits per heavy atom. The molecule has 2 atom stereocenters. The number of aryl methyl sites for hydroxylation is 1. The Kier molecular flexibility index (Phi) is 3.78. The minimum Gasteiger partial charge on any atom is -0.481 e. The number of aliphatic carboxylic acids is 1. The summed E-state index contributed by atoms with van der Waals surface area (Å²) in [5, 5.41) is 11.8. The van der Waals surface area contributed by atoms with Crippen LogP contribution in [0.5, 0.6) is 0 Å². The number of carboxylic acid groups (broad SMARTS) is 1. The molecule has 104 valence electrons. The smallest absolute Gasteiger partial charge is 0.317 e. The number of likely N-dealkylation sites (tertiary alicyclic amines) is 1. The number of amides is 2. The van der Waals surface area contributed by atoms with Crippen molar-refractivity contribution in [3.63, 3.8) is 0 Å². The fourth-order valence-electron chi connectivity index (χ4n) is 2.31. The molecule has 1 aliphatic heterocycles. The summed E-state index contributed by atoms with van der Waals surface area (Å²) >= 11 is 0. The predicted octanol–water partition coefficient (Wildman–Crippen LogP) is 1.45. The fourth-order valence-corrected chi connectivity index (χ4v) is 2.31. The van der Waals surface area contributed by atoms with Crippen LogP contribution in [0.25, 0.3) is 0 Å². The molecule has 1 aliphatic rings. The summed E-state index contributed by atoms with van der Waals surface area (Å²) in [7, 11) is 0. The first-order valence-electron chi connectivity index (χ1n) is 6.28. The van der Waals surface area contributed by atoms with Crippen molar-refractivity contribution in [1.29, 1.82) is 0 Å². The molecule has 6 nitrogen and oxygen atoms in total. The number of nitrogens with zero attached hydrogens (tertiary/aromatic N) is 1. The Labute approximate surface area is 111 Å². The Bertz CT molecular complexity index is 483. The molecule has 0 aromatic carbocycles. The van der Waals surface area contributed by atoms with Gasteiger partial charge in [0.05, 0.1) is 12.5 Å². The monoisotopic (exact) mass is 266 g/mol. The van der Waals surface area contributed by atoms with E-state index in [1.165, 1.54) is 0 Å². The van der Waals surface area contributed by atoms with Gasteiger partial charge in [0, 0.05) is 13.1 Å². The summed E-state index contributed by atoms with van der Waals surface area (Å²) < 4.78 is 5.35. The van der Waals surface area contributed by atoms with Crippen molar-refractivity contribution in [2.75, 3.05) is 13.1 Å². The molecule has 2 heterocycles. The molecule has 0 radical (unpaired) electrons. The van der Waals surface area contributed by atoms with Crippen molar-refractivity contribution in [2.45, 2.75) is 20.4 Å². The number of hydrogen-bond acceptors (Lipinski definition) is 3. The van der Waals surface area contributed by atoms with Gasteiger partial charge in [-0.2, -0.15) is 0 Å². The van der Waals surface area contributed by atoms with Gasteiger partial charge < -0.3 is 19.7 Å². The van der Waals surface area contributed by atoms with Gasteiger partial charge in [-0.05, 0) is 25.0 Å². The summed E-state index contributed by atoms with van der Waals surface area (Å²) in [5.74, 6) is 0.146. The lowest BCUT2D eigenvalue weighted by Crippen LogP contribution is -2.38. The lowest BCUT2D eigenvalue weighted by molar-refractivity contribution is -0.142. The molecule has 1 fully saturated rings. The molecule has 19 heavy (non-hydrogen) atoms. The summed E-state index contributed by atoms with van der Waals surface area (Å²) in [5.41, 5.74) is 0. The van der Waals surface area contributed by atoms with Crippen molar-refractivity contribution in [1.82, 2.24) is 10.2 Å². The van der Waals surface area contributed by atoms with Gasteiger partial charge in [-0.15, -0.1) is 0 Å². The summed E-state index contributed by atoms with van der Waals surface area (Å²) in [6.07, 6.45) is 0. The van der Waals surface area contributed by atoms with Gasteiger partial charge in [0.2, 0.25) is 0 Å². The molecule has 2 N–H and O–H groups in total. The van der Waals surface area contributed by atoms with Gasteiger partial charge in [-0.3, -0.25) is 4.79 Å². The normalized spacial score (nSPS) is 22.5. The summed E-state index contributed by atoms with van der Waals surface area (Å²) in [6.45, 7) is 4.74. The van der Waals surface area contributed by atoms with E-state index in [2.05, 4.69) is 5.32 Å². The van der Waals surface area contributed by atoms with Crippen LogP contribution in [0.3, 0.4) is 0 Å². The average Bonchev–Trinajstić information content (AvgIpc) is 2.92. The van der Waals surface area contributed by atoms with Crippen molar-refractivity contribution >= 4 is 12.0 Å². The number of carboxylic acids is 1. The lowest BCUT2D eigenvalue weighted by Gasteiger charge is -2.16. The average molecular weight is 266 g/mol. The molecule has 0 aliphatic carbocycles. The number of carbonyl (C=O) groups excluding carboxylic acids is 1. The standard InChI is InChI=1S/C13H18N2O4/c1-8-6-15(7-11(8)12(16)17)13(18)14-5-10-4-3-9(2)19-10/h3-4,8,11H,5-7H2,1-2H3,(H,14,18)(H,16,17). The summed E-state index contributed by atoms with van der Waals surface area (Å²) in [6, 6.07) is 3.40. The van der Waals surface area contributed by atoms with Crippen LogP contribution in [0.15, 0.2) is 16.5 Å². The molecular formula is C13H18N2O4. The number of rotatable bonds is 3. The quantitative estimate of drug-likeness (QED) is 0.867. The van der Waals surface area contributed by atoms with Crippen molar-refractivity contribution in [3.8, 4) is 0 Å². The zero-order valence-electron chi connectivity index (χ0n) is 11.0.